The number of hydrogen-bond donors (Lipinski definition) is 1. The molecule has 1 heterocycles. The van der Waals surface area contributed by atoms with E-state index in [4.69, 9.17) is 21.1 Å². The zero-order chi connectivity index (χ0) is 23.4. The van der Waals surface area contributed by atoms with E-state index in [0.29, 0.717) is 44.6 Å². The van der Waals surface area contributed by atoms with E-state index in [1.807, 2.05) is 0 Å². The van der Waals surface area contributed by atoms with Gasteiger partial charge < -0.3 is 14.8 Å². The Morgan fingerprint density at radius 2 is 1.91 bits per heavy atom. The van der Waals surface area contributed by atoms with Gasteiger partial charge in [0.2, 0.25) is 10.0 Å². The number of halogens is 2. The highest BCUT2D eigenvalue weighted by molar-refractivity contribution is 7.89. The normalized spacial score (nSPS) is 16.6. The monoisotopic (exact) mass is 484 g/mol. The average molecular weight is 485 g/mol. The van der Waals surface area contributed by atoms with E-state index >= 15 is 0 Å². The lowest BCUT2D eigenvalue weighted by atomic mass is 9.89. The van der Waals surface area contributed by atoms with Crippen molar-refractivity contribution < 1.29 is 27.1 Å². The van der Waals surface area contributed by atoms with Crippen LogP contribution in [0.3, 0.4) is 0 Å². The quantitative estimate of drug-likeness (QED) is 0.613. The highest BCUT2D eigenvalue weighted by Gasteiger charge is 2.38. The molecule has 0 spiro atoms. The third-order valence-corrected chi connectivity index (χ3v) is 7.92. The smallest absolute Gasteiger partial charge is 0.255 e. The minimum atomic E-state index is -3.79. The minimum Gasteiger partial charge on any atom is -0.385 e. The van der Waals surface area contributed by atoms with Gasteiger partial charge in [-0.25, -0.2) is 12.8 Å². The molecule has 2 aromatic rings. The van der Waals surface area contributed by atoms with Gasteiger partial charge in [0.1, 0.15) is 5.82 Å². The standard InChI is InChI=1S/C22H26ClFN2O5S/c1-30-13-10-22(31-2)8-11-26(12-9-22)32(28,29)18-5-3-4-16(14-18)21(27)25-17-6-7-20(24)19(23)15-17/h3-7,14-15H,8-13H2,1-2H3,(H,25,27). The number of ether oxygens (including phenoxy) is 2. The fourth-order valence-electron chi connectivity index (χ4n) is 3.70. The Hall–Kier alpha value is -2.04. The zero-order valence-electron chi connectivity index (χ0n) is 17.9. The molecule has 3 rings (SSSR count). The summed E-state index contributed by atoms with van der Waals surface area (Å²) in [6.45, 7) is 1.16. The lowest BCUT2D eigenvalue weighted by molar-refractivity contribution is -0.0631. The maximum absolute atomic E-state index is 13.3. The zero-order valence-corrected chi connectivity index (χ0v) is 19.5. The van der Waals surface area contributed by atoms with Crippen molar-refractivity contribution >= 4 is 33.2 Å². The van der Waals surface area contributed by atoms with Crippen molar-refractivity contribution in [2.45, 2.75) is 29.8 Å². The number of nitrogens with zero attached hydrogens (tertiary/aromatic N) is 1. The van der Waals surface area contributed by atoms with Crippen LogP contribution >= 0.6 is 11.6 Å². The maximum atomic E-state index is 13.3. The molecule has 174 valence electrons. The molecular weight excluding hydrogens is 459 g/mol. The van der Waals surface area contributed by atoms with Crippen LogP contribution in [-0.4, -0.2) is 58.1 Å². The Labute approximate surface area is 192 Å². The molecular formula is C22H26ClFN2O5S. The number of anilines is 1. The van der Waals surface area contributed by atoms with Crippen molar-refractivity contribution in [3.63, 3.8) is 0 Å². The summed E-state index contributed by atoms with van der Waals surface area (Å²) in [4.78, 5) is 12.6. The number of carbonyl (C=O) groups is 1. The van der Waals surface area contributed by atoms with Gasteiger partial charge >= 0.3 is 0 Å². The summed E-state index contributed by atoms with van der Waals surface area (Å²) in [5.74, 6) is -1.12. The van der Waals surface area contributed by atoms with Gasteiger partial charge in [-0.05, 0) is 55.7 Å². The number of nitrogens with one attached hydrogen (secondary N) is 1. The van der Waals surface area contributed by atoms with E-state index in [0.717, 1.165) is 6.07 Å². The van der Waals surface area contributed by atoms with E-state index < -0.39 is 27.3 Å². The number of carbonyl (C=O) groups excluding carboxylic acids is 1. The van der Waals surface area contributed by atoms with Gasteiger partial charge in [-0.3, -0.25) is 4.79 Å². The Morgan fingerprint density at radius 1 is 1.19 bits per heavy atom. The van der Waals surface area contributed by atoms with Crippen LogP contribution in [0.25, 0.3) is 0 Å². The van der Waals surface area contributed by atoms with Crippen LogP contribution in [0.5, 0.6) is 0 Å². The second-order valence-electron chi connectivity index (χ2n) is 7.64. The van der Waals surface area contributed by atoms with Gasteiger partial charge in [-0.15, -0.1) is 0 Å². The predicted molar refractivity (Wildman–Crippen MR) is 120 cm³/mol. The number of sulfonamides is 1. The number of methoxy groups -OCH3 is 2. The molecule has 0 aromatic heterocycles. The molecule has 0 aliphatic carbocycles. The van der Waals surface area contributed by atoms with Crippen LogP contribution in [-0.2, 0) is 19.5 Å². The second-order valence-corrected chi connectivity index (χ2v) is 9.99. The molecule has 0 saturated carbocycles. The summed E-state index contributed by atoms with van der Waals surface area (Å²) in [5.41, 5.74) is 0.0627. The van der Waals surface area contributed by atoms with E-state index in [1.165, 1.54) is 40.7 Å². The van der Waals surface area contributed by atoms with Crippen molar-refractivity contribution in [1.82, 2.24) is 4.31 Å². The van der Waals surface area contributed by atoms with Crippen molar-refractivity contribution in [2.24, 2.45) is 0 Å². The summed E-state index contributed by atoms with van der Waals surface area (Å²) in [5, 5.41) is 2.47. The third kappa shape index (κ3) is 5.47. The fraction of sp³-hybridized carbons (Fsp3) is 0.409. The summed E-state index contributed by atoms with van der Waals surface area (Å²) in [7, 11) is -0.529. The molecule has 7 nitrogen and oxygen atoms in total. The van der Waals surface area contributed by atoms with Crippen LogP contribution in [0.15, 0.2) is 47.4 Å². The highest BCUT2D eigenvalue weighted by atomic mass is 35.5. The molecule has 0 unspecified atom stereocenters. The lowest BCUT2D eigenvalue weighted by Crippen LogP contribution is -2.48. The Kier molecular flexibility index (Phi) is 7.89. The number of amides is 1. The van der Waals surface area contributed by atoms with Crippen LogP contribution < -0.4 is 5.32 Å². The largest absolute Gasteiger partial charge is 0.385 e. The molecule has 0 atom stereocenters. The first-order chi connectivity index (χ1) is 15.2. The van der Waals surface area contributed by atoms with E-state index in [1.54, 1.807) is 14.2 Å². The summed E-state index contributed by atoms with van der Waals surface area (Å²) >= 11 is 5.75. The first-order valence-corrected chi connectivity index (χ1v) is 11.9. The van der Waals surface area contributed by atoms with Crippen molar-refractivity contribution in [2.75, 3.05) is 39.2 Å². The molecule has 1 aliphatic rings. The van der Waals surface area contributed by atoms with Crippen molar-refractivity contribution in [3.05, 3.63) is 58.9 Å². The molecule has 1 saturated heterocycles. The molecule has 0 bridgehead atoms. The Bertz CT molecular complexity index is 1070. The number of benzene rings is 2. The van der Waals surface area contributed by atoms with Crippen LogP contribution in [0, 0.1) is 5.82 Å². The predicted octanol–water partition coefficient (Wildman–Crippen LogP) is 3.94. The topological polar surface area (TPSA) is 84.9 Å². The van der Waals surface area contributed by atoms with E-state index in [9.17, 15) is 17.6 Å². The molecule has 1 fully saturated rings. The van der Waals surface area contributed by atoms with Crippen molar-refractivity contribution in [3.8, 4) is 0 Å². The van der Waals surface area contributed by atoms with Gasteiger partial charge in [-0.1, -0.05) is 17.7 Å². The first kappa shape index (κ1) is 24.6. The molecule has 2 aromatic carbocycles. The number of hydrogen-bond acceptors (Lipinski definition) is 5. The van der Waals surface area contributed by atoms with Gasteiger partial charge in [0.25, 0.3) is 5.91 Å². The number of rotatable bonds is 8. The molecule has 1 aliphatic heterocycles. The second kappa shape index (κ2) is 10.3. The lowest BCUT2D eigenvalue weighted by Gasteiger charge is -2.40. The average Bonchev–Trinajstić information content (AvgIpc) is 2.80. The summed E-state index contributed by atoms with van der Waals surface area (Å²) in [6, 6.07) is 9.62. The molecule has 32 heavy (non-hydrogen) atoms. The SMILES string of the molecule is COCCC1(OC)CCN(S(=O)(=O)c2cccc(C(=O)Nc3ccc(F)c(Cl)c3)c2)CC1. The maximum Gasteiger partial charge on any atom is 0.255 e. The molecule has 1 N–H and O–H groups in total. The van der Waals surface area contributed by atoms with Gasteiger partial charge in [0.05, 0.1) is 15.5 Å². The molecule has 0 radical (unpaired) electrons. The molecule has 1 amide bonds. The van der Waals surface area contributed by atoms with Gasteiger partial charge in [0, 0.05) is 45.2 Å². The third-order valence-electron chi connectivity index (χ3n) is 5.74. The first-order valence-electron chi connectivity index (χ1n) is 10.1. The fourth-order valence-corrected chi connectivity index (χ4v) is 5.37. The van der Waals surface area contributed by atoms with Gasteiger partial charge in [-0.2, -0.15) is 4.31 Å². The number of piperidine rings is 1. The highest BCUT2D eigenvalue weighted by Crippen LogP contribution is 2.32. The summed E-state index contributed by atoms with van der Waals surface area (Å²) < 4.78 is 51.9. The summed E-state index contributed by atoms with van der Waals surface area (Å²) in [6.07, 6.45) is 1.80. The van der Waals surface area contributed by atoms with E-state index in [-0.39, 0.29) is 15.5 Å². The Balaban J connectivity index is 1.73. The van der Waals surface area contributed by atoms with E-state index in [2.05, 4.69) is 5.32 Å². The van der Waals surface area contributed by atoms with Crippen molar-refractivity contribution in [1.29, 1.82) is 0 Å². The minimum absolute atomic E-state index is 0.0316. The molecule has 10 heteroatoms. The van der Waals surface area contributed by atoms with Crippen LogP contribution in [0.2, 0.25) is 5.02 Å². The van der Waals surface area contributed by atoms with Gasteiger partial charge in [0.15, 0.2) is 0 Å². The van der Waals surface area contributed by atoms with Crippen LogP contribution in [0.1, 0.15) is 29.6 Å². The Morgan fingerprint density at radius 3 is 2.53 bits per heavy atom. The van der Waals surface area contributed by atoms with Crippen LogP contribution in [0.4, 0.5) is 10.1 Å².